The number of rotatable bonds is 6. The average Bonchev–Trinajstić information content (AvgIpc) is 2.65. The lowest BCUT2D eigenvalue weighted by molar-refractivity contribution is 0.0694. The second-order valence-electron chi connectivity index (χ2n) is 6.15. The number of carboxylic acid groups (broad SMARTS) is 1. The summed E-state index contributed by atoms with van der Waals surface area (Å²) in [6.45, 7) is 4.04. The summed E-state index contributed by atoms with van der Waals surface area (Å²) in [6.07, 6.45) is 3.20. The molecular formula is C19H20N4O4. The van der Waals surface area contributed by atoms with Gasteiger partial charge in [-0.05, 0) is 37.1 Å². The van der Waals surface area contributed by atoms with E-state index in [1.54, 1.807) is 16.8 Å². The Morgan fingerprint density at radius 2 is 1.96 bits per heavy atom. The molecule has 2 heterocycles. The zero-order chi connectivity index (χ0) is 19.6. The van der Waals surface area contributed by atoms with Crippen molar-refractivity contribution in [1.82, 2.24) is 14.5 Å². The van der Waals surface area contributed by atoms with Crippen LogP contribution in [0.15, 0.2) is 41.3 Å². The molecule has 0 amide bonds. The van der Waals surface area contributed by atoms with E-state index in [0.29, 0.717) is 11.3 Å². The molecule has 8 heteroatoms. The molecule has 3 aromatic rings. The maximum absolute atomic E-state index is 12.4. The summed E-state index contributed by atoms with van der Waals surface area (Å²) in [4.78, 5) is 32.3. The van der Waals surface area contributed by atoms with Gasteiger partial charge < -0.3 is 15.5 Å². The summed E-state index contributed by atoms with van der Waals surface area (Å²) in [6, 6.07) is 7.32. The third-order valence-corrected chi connectivity index (χ3v) is 4.46. The quantitative estimate of drug-likeness (QED) is 0.571. The number of hydrogen-bond donors (Lipinski definition) is 3. The van der Waals surface area contributed by atoms with Crippen molar-refractivity contribution in [2.75, 3.05) is 5.32 Å². The van der Waals surface area contributed by atoms with Crippen molar-refractivity contribution in [3.05, 3.63) is 52.4 Å². The van der Waals surface area contributed by atoms with Gasteiger partial charge in [-0.15, -0.1) is 0 Å². The molecule has 0 fully saturated rings. The number of aromatic hydroxyl groups is 1. The molecule has 0 unspecified atom stereocenters. The van der Waals surface area contributed by atoms with Gasteiger partial charge in [-0.25, -0.2) is 9.78 Å². The number of anilines is 2. The minimum absolute atomic E-state index is 0.0243. The van der Waals surface area contributed by atoms with Crippen LogP contribution in [0, 0.1) is 0 Å². The number of carboxylic acids is 1. The molecular weight excluding hydrogens is 348 g/mol. The first-order valence-corrected chi connectivity index (χ1v) is 8.66. The van der Waals surface area contributed by atoms with Crippen molar-refractivity contribution in [2.24, 2.45) is 0 Å². The number of aromatic nitrogens is 3. The van der Waals surface area contributed by atoms with Crippen LogP contribution in [0.4, 0.5) is 11.6 Å². The van der Waals surface area contributed by atoms with Crippen molar-refractivity contribution in [2.45, 2.75) is 32.7 Å². The molecule has 2 aromatic heterocycles. The number of nitrogens with one attached hydrogen (secondary N) is 1. The average molecular weight is 368 g/mol. The Balaban J connectivity index is 2.06. The fourth-order valence-corrected chi connectivity index (χ4v) is 3.02. The van der Waals surface area contributed by atoms with Gasteiger partial charge in [0.1, 0.15) is 17.0 Å². The lowest BCUT2D eigenvalue weighted by Crippen LogP contribution is -2.24. The van der Waals surface area contributed by atoms with E-state index in [1.807, 2.05) is 13.8 Å². The second kappa shape index (κ2) is 7.45. The van der Waals surface area contributed by atoms with Gasteiger partial charge in [0.05, 0.1) is 0 Å². The summed E-state index contributed by atoms with van der Waals surface area (Å²) in [5, 5.41) is 22.4. The Morgan fingerprint density at radius 1 is 1.22 bits per heavy atom. The fraction of sp³-hybridized carbons (Fsp3) is 0.263. The largest absolute Gasteiger partial charge is 0.507 e. The monoisotopic (exact) mass is 368 g/mol. The molecule has 3 rings (SSSR count). The predicted octanol–water partition coefficient (Wildman–Crippen LogP) is 3.30. The Hall–Kier alpha value is -3.42. The number of hydrogen-bond acceptors (Lipinski definition) is 6. The number of nitrogens with zero attached hydrogens (tertiary/aromatic N) is 3. The molecule has 0 bridgehead atoms. The first kappa shape index (κ1) is 18.4. The van der Waals surface area contributed by atoms with E-state index in [-0.39, 0.29) is 28.9 Å². The molecule has 0 aliphatic carbocycles. The van der Waals surface area contributed by atoms with E-state index in [1.165, 1.54) is 24.3 Å². The summed E-state index contributed by atoms with van der Waals surface area (Å²) in [5.41, 5.74) is 0.580. The molecule has 0 aliphatic rings. The topological polar surface area (TPSA) is 117 Å². The standard InChI is InChI=1S/C19H20N4O4/c1-3-13(4-2)23-16(25)8-5-11-10-20-19(22-17(11)23)21-12-6-7-15(24)14(9-12)18(26)27/h5-10,13,24H,3-4H2,1-2H3,(H,26,27)(H,20,21,22). The second-order valence-corrected chi connectivity index (χ2v) is 6.15. The highest BCUT2D eigenvalue weighted by Gasteiger charge is 2.15. The van der Waals surface area contributed by atoms with Crippen LogP contribution in [0.1, 0.15) is 43.1 Å². The van der Waals surface area contributed by atoms with Crippen molar-refractivity contribution < 1.29 is 15.0 Å². The lowest BCUT2D eigenvalue weighted by atomic mass is 10.1. The molecule has 1 aromatic carbocycles. The lowest BCUT2D eigenvalue weighted by Gasteiger charge is -2.18. The maximum atomic E-state index is 12.4. The summed E-state index contributed by atoms with van der Waals surface area (Å²) in [7, 11) is 0. The van der Waals surface area contributed by atoms with Gasteiger partial charge in [0.2, 0.25) is 5.95 Å². The number of phenols is 1. The van der Waals surface area contributed by atoms with Crippen LogP contribution >= 0.6 is 0 Å². The number of aromatic carboxylic acids is 1. The first-order valence-electron chi connectivity index (χ1n) is 8.66. The van der Waals surface area contributed by atoms with Gasteiger partial charge in [0.15, 0.2) is 0 Å². The number of benzene rings is 1. The molecule has 0 radical (unpaired) electrons. The highest BCUT2D eigenvalue weighted by atomic mass is 16.4. The van der Waals surface area contributed by atoms with Gasteiger partial charge in [-0.1, -0.05) is 13.8 Å². The van der Waals surface area contributed by atoms with Gasteiger partial charge in [-0.2, -0.15) is 4.98 Å². The van der Waals surface area contributed by atoms with Crippen LogP contribution in [0.5, 0.6) is 5.75 Å². The first-order chi connectivity index (χ1) is 12.9. The van der Waals surface area contributed by atoms with Crippen LogP contribution in [-0.2, 0) is 0 Å². The minimum atomic E-state index is -1.24. The molecule has 0 aliphatic heterocycles. The molecule has 0 spiro atoms. The van der Waals surface area contributed by atoms with E-state index >= 15 is 0 Å². The van der Waals surface area contributed by atoms with Crippen LogP contribution < -0.4 is 10.9 Å². The van der Waals surface area contributed by atoms with Crippen molar-refractivity contribution in [1.29, 1.82) is 0 Å². The molecule has 0 atom stereocenters. The van der Waals surface area contributed by atoms with Crippen molar-refractivity contribution >= 4 is 28.6 Å². The maximum Gasteiger partial charge on any atom is 0.339 e. The molecule has 3 N–H and O–H groups in total. The number of pyridine rings is 1. The summed E-state index contributed by atoms with van der Waals surface area (Å²) >= 11 is 0. The van der Waals surface area contributed by atoms with Crippen LogP contribution in [0.25, 0.3) is 11.0 Å². The fourth-order valence-electron chi connectivity index (χ4n) is 3.02. The Labute approximate surface area is 155 Å². The van der Waals surface area contributed by atoms with Gasteiger partial charge in [0.25, 0.3) is 5.56 Å². The third kappa shape index (κ3) is 3.59. The van der Waals surface area contributed by atoms with E-state index in [9.17, 15) is 14.7 Å². The third-order valence-electron chi connectivity index (χ3n) is 4.46. The van der Waals surface area contributed by atoms with Crippen LogP contribution in [-0.4, -0.2) is 30.7 Å². The zero-order valence-corrected chi connectivity index (χ0v) is 15.0. The molecule has 27 heavy (non-hydrogen) atoms. The molecule has 0 saturated carbocycles. The van der Waals surface area contributed by atoms with E-state index in [4.69, 9.17) is 5.11 Å². The Kier molecular flexibility index (Phi) is 5.07. The zero-order valence-electron chi connectivity index (χ0n) is 15.0. The molecule has 140 valence electrons. The highest BCUT2D eigenvalue weighted by molar-refractivity contribution is 5.92. The normalized spacial score (nSPS) is 11.1. The van der Waals surface area contributed by atoms with E-state index in [2.05, 4.69) is 15.3 Å². The van der Waals surface area contributed by atoms with Gasteiger partial charge in [0, 0.05) is 29.4 Å². The summed E-state index contributed by atoms with van der Waals surface area (Å²) < 4.78 is 1.67. The SMILES string of the molecule is CCC(CC)n1c(=O)ccc2cnc(Nc3ccc(O)c(C(=O)O)c3)nc21. The molecule has 0 saturated heterocycles. The Bertz CT molecular complexity index is 1060. The summed E-state index contributed by atoms with van der Waals surface area (Å²) in [5.74, 6) is -1.33. The van der Waals surface area contributed by atoms with Crippen LogP contribution in [0.2, 0.25) is 0 Å². The van der Waals surface area contributed by atoms with E-state index < -0.39 is 5.97 Å². The molecule has 8 nitrogen and oxygen atoms in total. The van der Waals surface area contributed by atoms with Crippen molar-refractivity contribution in [3.8, 4) is 5.75 Å². The van der Waals surface area contributed by atoms with Gasteiger partial charge in [-0.3, -0.25) is 9.36 Å². The van der Waals surface area contributed by atoms with E-state index in [0.717, 1.165) is 18.2 Å². The number of carbonyl (C=O) groups is 1. The smallest absolute Gasteiger partial charge is 0.339 e. The number of fused-ring (bicyclic) bond motifs is 1. The minimum Gasteiger partial charge on any atom is -0.507 e. The highest BCUT2D eigenvalue weighted by Crippen LogP contribution is 2.24. The van der Waals surface area contributed by atoms with Crippen molar-refractivity contribution in [3.63, 3.8) is 0 Å². The predicted molar refractivity (Wildman–Crippen MR) is 102 cm³/mol. The van der Waals surface area contributed by atoms with Crippen LogP contribution in [0.3, 0.4) is 0 Å². The van der Waals surface area contributed by atoms with Gasteiger partial charge >= 0.3 is 5.97 Å². The Morgan fingerprint density at radius 3 is 2.63 bits per heavy atom.